The lowest BCUT2D eigenvalue weighted by molar-refractivity contribution is -0.837. The summed E-state index contributed by atoms with van der Waals surface area (Å²) in [7, 11) is -2.29. The maximum absolute atomic E-state index is 3.58. The molecule has 2 heterocycles. The molecule has 154 valence electrons. The first-order valence-electron chi connectivity index (χ1n) is 11.3. The van der Waals surface area contributed by atoms with Crippen LogP contribution in [-0.2, 0) is 0 Å². The SMILES string of the molecule is C[Si](C)(C)[N+]1(CCCCCC[N+]2([Si](C)(C)C)CCNCC2)CCNCC1. The second-order valence-corrected chi connectivity index (χ2v) is 21.5. The van der Waals surface area contributed by atoms with E-state index in [0.717, 1.165) is 0 Å². The van der Waals surface area contributed by atoms with Crippen LogP contribution in [0.2, 0.25) is 39.3 Å². The van der Waals surface area contributed by atoms with Gasteiger partial charge < -0.3 is 18.9 Å². The van der Waals surface area contributed by atoms with Crippen LogP contribution in [0.15, 0.2) is 0 Å². The summed E-state index contributed by atoms with van der Waals surface area (Å²) in [5, 5.41) is 7.16. The van der Waals surface area contributed by atoms with E-state index in [4.69, 9.17) is 0 Å². The van der Waals surface area contributed by atoms with E-state index in [1.807, 2.05) is 0 Å². The van der Waals surface area contributed by atoms with E-state index < -0.39 is 16.5 Å². The molecule has 0 aromatic rings. The highest BCUT2D eigenvalue weighted by molar-refractivity contribution is 6.69. The molecule has 2 aliphatic heterocycles. The Morgan fingerprint density at radius 3 is 1.12 bits per heavy atom. The zero-order chi connectivity index (χ0) is 19.3. The highest BCUT2D eigenvalue weighted by Crippen LogP contribution is 2.26. The largest absolute Gasteiger partial charge is 0.382 e. The standard InChI is InChI=1S/C20H48N4Si2/c1-25(2,3)23(17-11-21-12-18-23)15-9-7-8-10-16-24(26(4,5)6)19-13-22-14-20-24/h21-22H,7-20H2,1-6H3/q+2. The predicted molar refractivity (Wildman–Crippen MR) is 121 cm³/mol. The number of unbranched alkanes of at least 4 members (excludes halogenated alkanes) is 3. The summed E-state index contributed by atoms with van der Waals surface area (Å²) in [5.74, 6) is 0. The molecule has 0 saturated carbocycles. The Balaban J connectivity index is 1.75. The lowest BCUT2D eigenvalue weighted by Crippen LogP contribution is -2.70. The van der Waals surface area contributed by atoms with Crippen LogP contribution in [0.25, 0.3) is 0 Å². The molecule has 0 spiro atoms. The Morgan fingerprint density at radius 1 is 0.538 bits per heavy atom. The number of hydrogen-bond acceptors (Lipinski definition) is 2. The van der Waals surface area contributed by atoms with Gasteiger partial charge in [-0.1, -0.05) is 0 Å². The second kappa shape index (κ2) is 9.18. The van der Waals surface area contributed by atoms with Gasteiger partial charge in [-0.2, -0.15) is 0 Å². The molecule has 4 nitrogen and oxygen atoms in total. The first kappa shape index (κ1) is 22.6. The van der Waals surface area contributed by atoms with Crippen molar-refractivity contribution in [3.8, 4) is 0 Å². The van der Waals surface area contributed by atoms with Gasteiger partial charge in [-0.3, -0.25) is 0 Å². The molecule has 0 amide bonds. The van der Waals surface area contributed by atoms with Crippen LogP contribution >= 0.6 is 0 Å². The lowest BCUT2D eigenvalue weighted by atomic mass is 10.1. The fourth-order valence-electron chi connectivity index (χ4n) is 5.29. The molecule has 0 radical (unpaired) electrons. The number of quaternary nitrogens is 2. The third-order valence-corrected chi connectivity index (χ3v) is 14.7. The van der Waals surface area contributed by atoms with Crippen molar-refractivity contribution in [2.45, 2.75) is 65.0 Å². The minimum absolute atomic E-state index is 1.15. The molecule has 0 unspecified atom stereocenters. The third kappa shape index (κ3) is 5.42. The molecular weight excluding hydrogens is 352 g/mol. The van der Waals surface area contributed by atoms with Crippen LogP contribution in [0.5, 0.6) is 0 Å². The molecule has 2 fully saturated rings. The summed E-state index contributed by atoms with van der Waals surface area (Å²) in [6, 6.07) is 0. The summed E-state index contributed by atoms with van der Waals surface area (Å²) in [6.45, 7) is 28.8. The molecule has 6 heteroatoms. The Kier molecular flexibility index (Phi) is 7.97. The van der Waals surface area contributed by atoms with Gasteiger partial charge in [-0.15, -0.1) is 0 Å². The third-order valence-electron chi connectivity index (χ3n) is 7.63. The summed E-state index contributed by atoms with van der Waals surface area (Å²) >= 11 is 0. The average Bonchev–Trinajstić information content (AvgIpc) is 2.58. The fraction of sp³-hybridized carbons (Fsp3) is 1.00. The number of hydrogen-bond donors (Lipinski definition) is 2. The second-order valence-electron chi connectivity index (χ2n) is 10.9. The molecular formula is C20H48N4Si2+2. The van der Waals surface area contributed by atoms with Crippen molar-refractivity contribution in [1.29, 1.82) is 0 Å². The Bertz CT molecular complexity index is 377. The van der Waals surface area contributed by atoms with Crippen LogP contribution in [0.3, 0.4) is 0 Å². The highest BCUT2D eigenvalue weighted by Gasteiger charge is 2.44. The maximum atomic E-state index is 3.58. The van der Waals surface area contributed by atoms with Gasteiger partial charge in [0.15, 0.2) is 0 Å². The molecule has 0 aromatic carbocycles. The van der Waals surface area contributed by atoms with Crippen LogP contribution in [0.4, 0.5) is 0 Å². The topological polar surface area (TPSA) is 24.1 Å². The summed E-state index contributed by atoms with van der Waals surface area (Å²) in [6.07, 6.45) is 5.78. The Morgan fingerprint density at radius 2 is 0.846 bits per heavy atom. The molecule has 0 aromatic heterocycles. The van der Waals surface area contributed by atoms with Crippen molar-refractivity contribution in [2.75, 3.05) is 65.4 Å². The molecule has 0 aliphatic carbocycles. The monoisotopic (exact) mass is 400 g/mol. The zero-order valence-electron chi connectivity index (χ0n) is 18.8. The van der Waals surface area contributed by atoms with E-state index >= 15 is 0 Å². The first-order chi connectivity index (χ1) is 12.1. The zero-order valence-corrected chi connectivity index (χ0v) is 20.8. The van der Waals surface area contributed by atoms with Crippen molar-refractivity contribution in [1.82, 2.24) is 10.6 Å². The van der Waals surface area contributed by atoms with Crippen molar-refractivity contribution in [2.24, 2.45) is 0 Å². The van der Waals surface area contributed by atoms with Crippen LogP contribution in [-0.4, -0.2) is 90.2 Å². The van der Waals surface area contributed by atoms with E-state index in [-0.39, 0.29) is 0 Å². The van der Waals surface area contributed by atoms with E-state index in [1.54, 1.807) is 0 Å². The Hall–Kier alpha value is 0.274. The number of rotatable bonds is 9. The van der Waals surface area contributed by atoms with E-state index in [2.05, 4.69) is 49.9 Å². The molecule has 0 bridgehead atoms. The van der Waals surface area contributed by atoms with Crippen LogP contribution in [0.1, 0.15) is 25.7 Å². The molecule has 2 saturated heterocycles. The number of nitrogens with one attached hydrogen (secondary N) is 2. The first-order valence-corrected chi connectivity index (χ1v) is 18.2. The average molecular weight is 401 g/mol. The molecule has 2 N–H and O–H groups in total. The molecule has 0 atom stereocenters. The maximum Gasteiger partial charge on any atom is 0.276 e. The van der Waals surface area contributed by atoms with Gasteiger partial charge in [0.1, 0.15) is 0 Å². The van der Waals surface area contributed by atoms with E-state index in [0.29, 0.717) is 0 Å². The normalized spacial score (nSPS) is 23.8. The van der Waals surface area contributed by atoms with Crippen molar-refractivity contribution in [3.05, 3.63) is 0 Å². The summed E-state index contributed by atoms with van der Waals surface area (Å²) < 4.78 is 2.92. The van der Waals surface area contributed by atoms with Gasteiger partial charge in [-0.25, -0.2) is 0 Å². The van der Waals surface area contributed by atoms with E-state index in [1.165, 1.54) is 99.4 Å². The van der Waals surface area contributed by atoms with Crippen LogP contribution in [0, 0.1) is 0 Å². The van der Waals surface area contributed by atoms with Gasteiger partial charge in [-0.05, 0) is 65.0 Å². The van der Waals surface area contributed by atoms with Crippen LogP contribution < -0.4 is 10.6 Å². The van der Waals surface area contributed by atoms with Gasteiger partial charge in [0, 0.05) is 26.2 Å². The lowest BCUT2D eigenvalue weighted by Gasteiger charge is -2.51. The predicted octanol–water partition coefficient (Wildman–Crippen LogP) is 3.06. The van der Waals surface area contributed by atoms with Crippen molar-refractivity contribution < 1.29 is 8.30 Å². The van der Waals surface area contributed by atoms with Gasteiger partial charge in [0.2, 0.25) is 0 Å². The molecule has 2 aliphatic rings. The summed E-state index contributed by atoms with van der Waals surface area (Å²) in [4.78, 5) is 0. The summed E-state index contributed by atoms with van der Waals surface area (Å²) in [5.41, 5.74) is 0. The highest BCUT2D eigenvalue weighted by atomic mass is 28.3. The smallest absolute Gasteiger partial charge is 0.276 e. The quantitative estimate of drug-likeness (QED) is 0.459. The van der Waals surface area contributed by atoms with Crippen molar-refractivity contribution >= 4 is 16.5 Å². The van der Waals surface area contributed by atoms with Gasteiger partial charge >= 0.3 is 0 Å². The van der Waals surface area contributed by atoms with Gasteiger partial charge in [0.05, 0.1) is 39.3 Å². The van der Waals surface area contributed by atoms with Gasteiger partial charge in [0.25, 0.3) is 16.5 Å². The number of piperazine rings is 2. The van der Waals surface area contributed by atoms with E-state index in [9.17, 15) is 0 Å². The Labute approximate surface area is 166 Å². The fourth-order valence-corrected chi connectivity index (χ4v) is 10.1. The molecule has 26 heavy (non-hydrogen) atoms. The van der Waals surface area contributed by atoms with Crippen molar-refractivity contribution in [3.63, 3.8) is 0 Å². The molecule has 2 rings (SSSR count). The number of nitrogens with zero attached hydrogens (tertiary/aromatic N) is 2. The minimum Gasteiger partial charge on any atom is -0.382 e. The minimum atomic E-state index is -1.15.